The molecule has 0 saturated heterocycles. The van der Waals surface area contributed by atoms with Gasteiger partial charge in [0.05, 0.1) is 13.7 Å². The molecular weight excluding hydrogens is 268 g/mol. The molecule has 0 heterocycles. The van der Waals surface area contributed by atoms with Crippen LogP contribution in [0.1, 0.15) is 46.5 Å². The normalized spacial score (nSPS) is 17.8. The first-order valence-corrected chi connectivity index (χ1v) is 8.22. The summed E-state index contributed by atoms with van der Waals surface area (Å²) in [6, 6.07) is 0.495. The maximum Gasteiger partial charge on any atom is 0.325 e. The Bertz CT molecular complexity index is 308. The van der Waals surface area contributed by atoms with Crippen LogP contribution in [-0.4, -0.2) is 62.4 Å². The van der Waals surface area contributed by atoms with Gasteiger partial charge in [0.2, 0.25) is 0 Å². The van der Waals surface area contributed by atoms with Gasteiger partial charge in [-0.15, -0.1) is 0 Å². The monoisotopic (exact) mass is 300 g/mol. The van der Waals surface area contributed by atoms with Crippen molar-refractivity contribution in [2.24, 2.45) is 0 Å². The first kappa shape index (κ1) is 18.4. The van der Waals surface area contributed by atoms with Crippen molar-refractivity contribution in [3.8, 4) is 0 Å². The Morgan fingerprint density at radius 3 is 2.57 bits per heavy atom. The molecule has 1 fully saturated rings. The molecule has 1 N–H and O–H groups in total. The molecule has 5 nitrogen and oxygen atoms in total. The first-order chi connectivity index (χ1) is 10.1. The van der Waals surface area contributed by atoms with E-state index in [-0.39, 0.29) is 5.97 Å². The zero-order chi connectivity index (χ0) is 15.7. The fraction of sp³-hybridized carbons (Fsp3) is 0.938. The van der Waals surface area contributed by atoms with Crippen molar-refractivity contribution in [3.05, 3.63) is 0 Å². The van der Waals surface area contributed by atoms with Crippen molar-refractivity contribution < 1.29 is 14.3 Å². The lowest BCUT2D eigenvalue weighted by molar-refractivity contribution is -0.148. The summed E-state index contributed by atoms with van der Waals surface area (Å²) in [4.78, 5) is 14.4. The predicted octanol–water partition coefficient (Wildman–Crippen LogP) is 1.81. The Morgan fingerprint density at radius 2 is 2.05 bits per heavy atom. The number of rotatable bonds is 12. The van der Waals surface area contributed by atoms with Gasteiger partial charge >= 0.3 is 5.97 Å². The van der Waals surface area contributed by atoms with Crippen molar-refractivity contribution >= 4 is 5.97 Å². The quantitative estimate of drug-likeness (QED) is 0.440. The molecular formula is C16H32N2O3. The highest BCUT2D eigenvalue weighted by molar-refractivity contribution is 5.80. The van der Waals surface area contributed by atoms with Gasteiger partial charge in [0.1, 0.15) is 5.54 Å². The maximum absolute atomic E-state index is 12.0. The zero-order valence-corrected chi connectivity index (χ0v) is 14.1. The SMILES string of the molecule is CCOCCN(CC)CCCC(C)(NC1CC1)C(=O)OC. The van der Waals surface area contributed by atoms with Crippen LogP contribution in [0, 0.1) is 0 Å². The molecule has 1 rings (SSSR count). The number of ether oxygens (including phenoxy) is 2. The van der Waals surface area contributed by atoms with Gasteiger partial charge in [0.15, 0.2) is 0 Å². The summed E-state index contributed by atoms with van der Waals surface area (Å²) in [7, 11) is 1.47. The van der Waals surface area contributed by atoms with Crippen LogP contribution in [0.3, 0.4) is 0 Å². The van der Waals surface area contributed by atoms with Gasteiger partial charge in [-0.1, -0.05) is 6.92 Å². The predicted molar refractivity (Wildman–Crippen MR) is 84.4 cm³/mol. The van der Waals surface area contributed by atoms with E-state index in [0.717, 1.165) is 45.7 Å². The lowest BCUT2D eigenvalue weighted by Crippen LogP contribution is -2.51. The van der Waals surface area contributed by atoms with E-state index in [0.29, 0.717) is 6.04 Å². The van der Waals surface area contributed by atoms with Crippen LogP contribution >= 0.6 is 0 Å². The largest absolute Gasteiger partial charge is 0.468 e. The molecule has 5 heteroatoms. The van der Waals surface area contributed by atoms with Crippen molar-refractivity contribution in [2.45, 2.75) is 58.0 Å². The van der Waals surface area contributed by atoms with Crippen LogP contribution in [0.15, 0.2) is 0 Å². The fourth-order valence-electron chi connectivity index (χ4n) is 2.56. The van der Waals surface area contributed by atoms with Gasteiger partial charge in [0.25, 0.3) is 0 Å². The molecule has 0 aromatic rings. The van der Waals surface area contributed by atoms with Crippen molar-refractivity contribution in [3.63, 3.8) is 0 Å². The van der Waals surface area contributed by atoms with Crippen molar-refractivity contribution in [2.75, 3.05) is 40.0 Å². The van der Waals surface area contributed by atoms with Gasteiger partial charge in [0, 0.05) is 19.2 Å². The van der Waals surface area contributed by atoms with Crippen LogP contribution in [0.2, 0.25) is 0 Å². The lowest BCUT2D eigenvalue weighted by Gasteiger charge is -2.29. The zero-order valence-electron chi connectivity index (χ0n) is 14.1. The summed E-state index contributed by atoms with van der Waals surface area (Å²) < 4.78 is 10.4. The number of nitrogens with one attached hydrogen (secondary N) is 1. The third kappa shape index (κ3) is 6.76. The van der Waals surface area contributed by atoms with E-state index in [9.17, 15) is 4.79 Å². The van der Waals surface area contributed by atoms with E-state index >= 15 is 0 Å². The van der Waals surface area contributed by atoms with Gasteiger partial charge in [-0.25, -0.2) is 0 Å². The number of hydrogen-bond donors (Lipinski definition) is 1. The molecule has 1 aliphatic carbocycles. The number of carbonyl (C=O) groups is 1. The molecule has 0 aromatic carbocycles. The Hall–Kier alpha value is -0.650. The standard InChI is InChI=1S/C16H32N2O3/c1-5-18(12-13-21-6-2)11-7-10-16(3,15(19)20-4)17-14-8-9-14/h14,17H,5-13H2,1-4H3. The fourth-order valence-corrected chi connectivity index (χ4v) is 2.56. The molecule has 0 bridgehead atoms. The average molecular weight is 300 g/mol. The number of methoxy groups -OCH3 is 1. The molecule has 1 unspecified atom stereocenters. The minimum absolute atomic E-state index is 0.147. The van der Waals surface area contributed by atoms with Gasteiger partial charge in [-0.2, -0.15) is 0 Å². The van der Waals surface area contributed by atoms with Crippen LogP contribution in [0.4, 0.5) is 0 Å². The molecule has 124 valence electrons. The second-order valence-electron chi connectivity index (χ2n) is 5.98. The molecule has 1 atom stereocenters. The molecule has 21 heavy (non-hydrogen) atoms. The number of likely N-dealkylation sites (N-methyl/N-ethyl adjacent to an activating group) is 1. The lowest BCUT2D eigenvalue weighted by atomic mass is 9.95. The molecule has 1 aliphatic rings. The van der Waals surface area contributed by atoms with E-state index in [1.807, 2.05) is 13.8 Å². The van der Waals surface area contributed by atoms with E-state index in [1.54, 1.807) is 0 Å². The molecule has 1 saturated carbocycles. The van der Waals surface area contributed by atoms with Crippen LogP contribution in [0.5, 0.6) is 0 Å². The van der Waals surface area contributed by atoms with E-state index in [1.165, 1.54) is 20.0 Å². The summed E-state index contributed by atoms with van der Waals surface area (Å²) in [6.45, 7) is 10.6. The van der Waals surface area contributed by atoms with Gasteiger partial charge in [-0.3, -0.25) is 10.1 Å². The summed E-state index contributed by atoms with van der Waals surface area (Å²) in [6.07, 6.45) is 4.12. The topological polar surface area (TPSA) is 50.8 Å². The van der Waals surface area contributed by atoms with E-state index < -0.39 is 5.54 Å². The molecule has 0 amide bonds. The number of esters is 1. The second kappa shape index (κ2) is 9.38. The van der Waals surface area contributed by atoms with Crippen LogP contribution in [-0.2, 0) is 14.3 Å². The number of hydrogen-bond acceptors (Lipinski definition) is 5. The molecule has 0 spiro atoms. The van der Waals surface area contributed by atoms with Crippen molar-refractivity contribution in [1.82, 2.24) is 10.2 Å². The van der Waals surface area contributed by atoms with Crippen LogP contribution in [0.25, 0.3) is 0 Å². The highest BCUT2D eigenvalue weighted by Crippen LogP contribution is 2.25. The summed E-state index contributed by atoms with van der Waals surface area (Å²) in [5, 5.41) is 3.44. The van der Waals surface area contributed by atoms with Gasteiger partial charge in [-0.05, 0) is 52.6 Å². The summed E-state index contributed by atoms with van der Waals surface area (Å²) in [5.74, 6) is -0.147. The highest BCUT2D eigenvalue weighted by Gasteiger charge is 2.38. The van der Waals surface area contributed by atoms with E-state index in [4.69, 9.17) is 9.47 Å². The van der Waals surface area contributed by atoms with Crippen LogP contribution < -0.4 is 5.32 Å². The minimum Gasteiger partial charge on any atom is -0.468 e. The number of carbonyl (C=O) groups excluding carboxylic acids is 1. The second-order valence-corrected chi connectivity index (χ2v) is 5.98. The maximum atomic E-state index is 12.0. The third-order valence-corrected chi connectivity index (χ3v) is 4.09. The van der Waals surface area contributed by atoms with Gasteiger partial charge < -0.3 is 14.4 Å². The highest BCUT2D eigenvalue weighted by atomic mass is 16.5. The first-order valence-electron chi connectivity index (χ1n) is 8.22. The number of nitrogens with zero attached hydrogens (tertiary/aromatic N) is 1. The molecule has 0 aromatic heterocycles. The van der Waals surface area contributed by atoms with Crippen molar-refractivity contribution in [1.29, 1.82) is 0 Å². The van der Waals surface area contributed by atoms with E-state index in [2.05, 4.69) is 17.1 Å². The Labute approximate surface area is 129 Å². The summed E-state index contributed by atoms with van der Waals surface area (Å²) in [5.41, 5.74) is -0.546. The third-order valence-electron chi connectivity index (χ3n) is 4.09. The minimum atomic E-state index is -0.546. The average Bonchev–Trinajstić information content (AvgIpc) is 3.28. The Morgan fingerprint density at radius 1 is 1.33 bits per heavy atom. The Balaban J connectivity index is 2.35. The smallest absolute Gasteiger partial charge is 0.325 e. The Kier molecular flexibility index (Phi) is 8.22. The molecule has 0 aliphatic heterocycles. The molecule has 0 radical (unpaired) electrons. The summed E-state index contributed by atoms with van der Waals surface area (Å²) >= 11 is 0.